The zero-order valence-corrected chi connectivity index (χ0v) is 12.8. The van der Waals surface area contributed by atoms with E-state index in [-0.39, 0.29) is 5.91 Å². The van der Waals surface area contributed by atoms with Gasteiger partial charge >= 0.3 is 0 Å². The van der Waals surface area contributed by atoms with Crippen LogP contribution in [-0.4, -0.2) is 17.0 Å². The largest absolute Gasteiger partial charge is 0.480 e. The first kappa shape index (κ1) is 14.5. The highest BCUT2D eigenvalue weighted by Gasteiger charge is 2.16. The third kappa shape index (κ3) is 3.57. The van der Waals surface area contributed by atoms with Crippen LogP contribution in [0.5, 0.6) is 5.75 Å². The van der Waals surface area contributed by atoms with Crippen molar-refractivity contribution in [3.63, 3.8) is 0 Å². The fourth-order valence-electron chi connectivity index (χ4n) is 1.63. The molecule has 1 heterocycles. The van der Waals surface area contributed by atoms with Crippen molar-refractivity contribution in [2.24, 2.45) is 0 Å². The minimum Gasteiger partial charge on any atom is -0.480 e. The van der Waals surface area contributed by atoms with Gasteiger partial charge in [0.15, 0.2) is 6.10 Å². The summed E-state index contributed by atoms with van der Waals surface area (Å²) in [5, 5.41) is 2.83. The Morgan fingerprint density at radius 2 is 2.10 bits per heavy atom. The predicted octanol–water partition coefficient (Wildman–Crippen LogP) is 3.56. The Kier molecular flexibility index (Phi) is 4.74. The lowest BCUT2D eigenvalue weighted by Gasteiger charge is -2.16. The molecule has 1 atom stereocenters. The summed E-state index contributed by atoms with van der Waals surface area (Å²) in [4.78, 5) is 16.1. The summed E-state index contributed by atoms with van der Waals surface area (Å²) < 4.78 is 6.46. The summed E-state index contributed by atoms with van der Waals surface area (Å²) >= 11 is 3.39. The number of para-hydroxylation sites is 1. The molecule has 4 nitrogen and oxygen atoms in total. The first-order valence-corrected chi connectivity index (χ1v) is 7.00. The molecule has 0 aliphatic heterocycles. The van der Waals surface area contributed by atoms with Crippen molar-refractivity contribution in [1.29, 1.82) is 0 Å². The third-order valence-electron chi connectivity index (χ3n) is 2.79. The minimum absolute atomic E-state index is 0.199. The van der Waals surface area contributed by atoms with E-state index < -0.39 is 6.10 Å². The number of anilines is 1. The standard InChI is InChI=1S/C15H15BrN2O2/c1-10-9-17-8-7-13(10)18-15(19)11(2)20-14-6-4-3-5-12(14)16/h3-9,11H,1-2H3,(H,17,18,19)/t11-/m1/s1. The highest BCUT2D eigenvalue weighted by Crippen LogP contribution is 2.25. The van der Waals surface area contributed by atoms with Crippen LogP contribution in [-0.2, 0) is 4.79 Å². The van der Waals surface area contributed by atoms with Crippen molar-refractivity contribution in [3.05, 3.63) is 52.8 Å². The van der Waals surface area contributed by atoms with E-state index in [1.807, 2.05) is 31.2 Å². The topological polar surface area (TPSA) is 51.2 Å². The van der Waals surface area contributed by atoms with Gasteiger partial charge in [-0.05, 0) is 53.5 Å². The Labute approximate surface area is 126 Å². The van der Waals surface area contributed by atoms with E-state index in [9.17, 15) is 4.79 Å². The number of benzene rings is 1. The Bertz CT molecular complexity index is 616. The molecule has 0 unspecified atom stereocenters. The average molecular weight is 335 g/mol. The first-order valence-electron chi connectivity index (χ1n) is 6.20. The molecule has 5 heteroatoms. The first-order chi connectivity index (χ1) is 9.58. The number of pyridine rings is 1. The number of nitrogens with zero attached hydrogens (tertiary/aromatic N) is 1. The summed E-state index contributed by atoms with van der Waals surface area (Å²) in [5.41, 5.74) is 1.65. The number of aryl methyl sites for hydroxylation is 1. The van der Waals surface area contributed by atoms with Gasteiger partial charge in [-0.15, -0.1) is 0 Å². The Morgan fingerprint density at radius 1 is 1.35 bits per heavy atom. The summed E-state index contributed by atoms with van der Waals surface area (Å²) in [7, 11) is 0. The van der Waals surface area contributed by atoms with Crippen molar-refractivity contribution in [1.82, 2.24) is 4.98 Å². The maximum Gasteiger partial charge on any atom is 0.265 e. The van der Waals surface area contributed by atoms with Crippen LogP contribution < -0.4 is 10.1 Å². The molecule has 1 aromatic heterocycles. The molecule has 0 radical (unpaired) electrons. The Balaban J connectivity index is 2.03. The molecule has 1 aromatic carbocycles. The molecule has 1 N–H and O–H groups in total. The van der Waals surface area contributed by atoms with Crippen LogP contribution in [0.3, 0.4) is 0 Å². The van der Waals surface area contributed by atoms with Gasteiger partial charge in [-0.1, -0.05) is 12.1 Å². The van der Waals surface area contributed by atoms with E-state index in [4.69, 9.17) is 4.74 Å². The molecule has 2 aromatic rings. The number of nitrogens with one attached hydrogen (secondary N) is 1. The van der Waals surface area contributed by atoms with Gasteiger partial charge in [-0.25, -0.2) is 0 Å². The molecule has 20 heavy (non-hydrogen) atoms. The van der Waals surface area contributed by atoms with Crippen molar-refractivity contribution in [3.8, 4) is 5.75 Å². The number of rotatable bonds is 4. The summed E-state index contributed by atoms with van der Waals surface area (Å²) in [6, 6.07) is 9.19. The number of aromatic nitrogens is 1. The molecule has 0 fully saturated rings. The van der Waals surface area contributed by atoms with Crippen LogP contribution in [0.1, 0.15) is 12.5 Å². The third-order valence-corrected chi connectivity index (χ3v) is 3.44. The van der Waals surface area contributed by atoms with Crippen LogP contribution in [0, 0.1) is 6.92 Å². The molecule has 0 spiro atoms. The van der Waals surface area contributed by atoms with Gasteiger partial charge in [0.05, 0.1) is 4.47 Å². The normalized spacial score (nSPS) is 11.8. The number of carbonyl (C=O) groups excluding carboxylic acids is 1. The zero-order valence-electron chi connectivity index (χ0n) is 11.3. The summed E-state index contributed by atoms with van der Waals surface area (Å²) in [6.45, 7) is 3.60. The highest BCUT2D eigenvalue weighted by molar-refractivity contribution is 9.10. The number of hydrogen-bond acceptors (Lipinski definition) is 3. The van der Waals surface area contributed by atoms with E-state index in [0.29, 0.717) is 5.75 Å². The maximum atomic E-state index is 12.1. The lowest BCUT2D eigenvalue weighted by atomic mass is 10.2. The maximum absolute atomic E-state index is 12.1. The highest BCUT2D eigenvalue weighted by atomic mass is 79.9. The van der Waals surface area contributed by atoms with E-state index >= 15 is 0 Å². The monoisotopic (exact) mass is 334 g/mol. The Morgan fingerprint density at radius 3 is 2.80 bits per heavy atom. The second-order valence-electron chi connectivity index (χ2n) is 4.37. The molecule has 2 rings (SSSR count). The predicted molar refractivity (Wildman–Crippen MR) is 81.8 cm³/mol. The van der Waals surface area contributed by atoms with Crippen molar-refractivity contribution in [2.45, 2.75) is 20.0 Å². The minimum atomic E-state index is -0.596. The second kappa shape index (κ2) is 6.52. The molecule has 0 aliphatic carbocycles. The SMILES string of the molecule is Cc1cnccc1NC(=O)[C@@H](C)Oc1ccccc1Br. The number of ether oxygens (including phenoxy) is 1. The lowest BCUT2D eigenvalue weighted by molar-refractivity contribution is -0.122. The number of amides is 1. The van der Waals surface area contributed by atoms with Crippen molar-refractivity contribution >= 4 is 27.5 Å². The number of carbonyl (C=O) groups is 1. The lowest BCUT2D eigenvalue weighted by Crippen LogP contribution is -2.30. The van der Waals surface area contributed by atoms with E-state index in [1.165, 1.54) is 0 Å². The van der Waals surface area contributed by atoms with Gasteiger partial charge in [-0.2, -0.15) is 0 Å². The molecular formula is C15H15BrN2O2. The molecule has 0 saturated carbocycles. The summed E-state index contributed by atoms with van der Waals surface area (Å²) in [6.07, 6.45) is 2.75. The smallest absolute Gasteiger partial charge is 0.265 e. The fourth-order valence-corrected chi connectivity index (χ4v) is 2.01. The van der Waals surface area contributed by atoms with Crippen molar-refractivity contribution in [2.75, 3.05) is 5.32 Å². The summed E-state index contributed by atoms with van der Waals surface area (Å²) in [5.74, 6) is 0.441. The molecule has 0 aliphatic rings. The number of hydrogen-bond donors (Lipinski definition) is 1. The molecular weight excluding hydrogens is 320 g/mol. The van der Waals surface area contributed by atoms with Crippen LogP contribution in [0.2, 0.25) is 0 Å². The van der Waals surface area contributed by atoms with E-state index in [0.717, 1.165) is 15.7 Å². The fraction of sp³-hybridized carbons (Fsp3) is 0.200. The average Bonchev–Trinajstić information content (AvgIpc) is 2.43. The van der Waals surface area contributed by atoms with Gasteiger partial charge in [0.1, 0.15) is 5.75 Å². The van der Waals surface area contributed by atoms with Crippen LogP contribution in [0.15, 0.2) is 47.2 Å². The zero-order chi connectivity index (χ0) is 14.5. The van der Waals surface area contributed by atoms with E-state index in [2.05, 4.69) is 26.2 Å². The quantitative estimate of drug-likeness (QED) is 0.929. The van der Waals surface area contributed by atoms with Gasteiger partial charge in [0.25, 0.3) is 5.91 Å². The number of halogens is 1. The molecule has 0 saturated heterocycles. The van der Waals surface area contributed by atoms with Gasteiger partial charge < -0.3 is 10.1 Å². The molecule has 1 amide bonds. The second-order valence-corrected chi connectivity index (χ2v) is 5.22. The van der Waals surface area contributed by atoms with Crippen LogP contribution in [0.4, 0.5) is 5.69 Å². The van der Waals surface area contributed by atoms with Gasteiger partial charge in [0.2, 0.25) is 0 Å². The Hall–Kier alpha value is -1.88. The molecule has 0 bridgehead atoms. The van der Waals surface area contributed by atoms with Crippen LogP contribution >= 0.6 is 15.9 Å². The van der Waals surface area contributed by atoms with Crippen LogP contribution in [0.25, 0.3) is 0 Å². The van der Waals surface area contributed by atoms with Gasteiger partial charge in [0, 0.05) is 18.1 Å². The van der Waals surface area contributed by atoms with E-state index in [1.54, 1.807) is 25.4 Å². The van der Waals surface area contributed by atoms with Gasteiger partial charge in [-0.3, -0.25) is 9.78 Å². The van der Waals surface area contributed by atoms with Crippen molar-refractivity contribution < 1.29 is 9.53 Å². The molecule has 104 valence electrons.